The van der Waals surface area contributed by atoms with Crippen LogP contribution in [0.3, 0.4) is 0 Å². The van der Waals surface area contributed by atoms with Crippen molar-refractivity contribution in [1.82, 2.24) is 5.32 Å². The zero-order valence-electron chi connectivity index (χ0n) is 8.34. The highest BCUT2D eigenvalue weighted by atomic mass is 79.9. The second-order valence-corrected chi connectivity index (χ2v) is 3.83. The van der Waals surface area contributed by atoms with Crippen LogP contribution < -0.4 is 5.32 Å². The summed E-state index contributed by atoms with van der Waals surface area (Å²) in [6.45, 7) is 3.85. The number of carbonyl (C=O) groups excluding carboxylic acids is 1. The molecule has 4 heteroatoms. The topological polar surface area (TPSA) is 42.2 Å². The van der Waals surface area contributed by atoms with Gasteiger partial charge in [-0.3, -0.25) is 4.79 Å². The highest BCUT2D eigenvalue weighted by Crippen LogP contribution is 2.07. The van der Waals surface area contributed by atoms with E-state index in [2.05, 4.69) is 21.2 Å². The van der Waals surface area contributed by atoms with Crippen molar-refractivity contribution in [3.63, 3.8) is 0 Å². The van der Waals surface area contributed by atoms with Gasteiger partial charge in [0.1, 0.15) is 12.0 Å². The van der Waals surface area contributed by atoms with E-state index < -0.39 is 0 Å². The molecule has 78 valence electrons. The summed E-state index contributed by atoms with van der Waals surface area (Å²) in [4.78, 5) is 11.6. The number of furan rings is 1. The van der Waals surface area contributed by atoms with E-state index in [0.717, 1.165) is 17.5 Å². The van der Waals surface area contributed by atoms with Gasteiger partial charge in [-0.05, 0) is 19.4 Å². The Hall–Kier alpha value is -0.770. The molecule has 1 N–H and O–H groups in total. The van der Waals surface area contributed by atoms with Crippen LogP contribution in [0.1, 0.15) is 29.5 Å². The molecule has 0 saturated carbocycles. The molecular weight excluding hydrogens is 246 g/mol. The molecule has 0 aromatic carbocycles. The van der Waals surface area contributed by atoms with Crippen LogP contribution in [0.15, 0.2) is 16.7 Å². The Morgan fingerprint density at radius 3 is 2.86 bits per heavy atom. The first-order valence-corrected chi connectivity index (χ1v) is 5.71. The van der Waals surface area contributed by atoms with Gasteiger partial charge in [0, 0.05) is 11.4 Å². The van der Waals surface area contributed by atoms with Gasteiger partial charge in [0.25, 0.3) is 5.91 Å². The molecule has 1 amide bonds. The van der Waals surface area contributed by atoms with Crippen LogP contribution in [0.25, 0.3) is 0 Å². The molecule has 1 aromatic rings. The van der Waals surface area contributed by atoms with Crippen LogP contribution in [0.4, 0.5) is 0 Å². The van der Waals surface area contributed by atoms with Crippen molar-refractivity contribution in [1.29, 1.82) is 0 Å². The Morgan fingerprint density at radius 2 is 2.43 bits per heavy atom. The third-order valence-corrected chi connectivity index (χ3v) is 2.79. The fraction of sp³-hybridized carbons (Fsp3) is 0.500. The van der Waals surface area contributed by atoms with Gasteiger partial charge in [-0.25, -0.2) is 0 Å². The van der Waals surface area contributed by atoms with E-state index >= 15 is 0 Å². The number of amides is 1. The zero-order valence-corrected chi connectivity index (χ0v) is 9.93. The summed E-state index contributed by atoms with van der Waals surface area (Å²) in [6, 6.07) is 1.91. The van der Waals surface area contributed by atoms with Gasteiger partial charge in [-0.2, -0.15) is 0 Å². The molecule has 14 heavy (non-hydrogen) atoms. The molecule has 0 aliphatic carbocycles. The SMILES string of the molecule is CCC(CBr)NC(=O)c1coc(C)c1. The van der Waals surface area contributed by atoms with Crippen molar-refractivity contribution in [3.05, 3.63) is 23.7 Å². The average Bonchev–Trinajstić information content (AvgIpc) is 2.61. The molecule has 0 aliphatic rings. The first-order valence-electron chi connectivity index (χ1n) is 4.59. The Bertz CT molecular complexity index is 305. The molecule has 1 rings (SSSR count). The molecule has 1 aromatic heterocycles. The predicted molar refractivity (Wildman–Crippen MR) is 58.8 cm³/mol. The number of carbonyl (C=O) groups is 1. The minimum atomic E-state index is -0.0758. The van der Waals surface area contributed by atoms with E-state index in [-0.39, 0.29) is 11.9 Å². The standard InChI is InChI=1S/C10H14BrNO2/c1-3-9(5-11)12-10(13)8-4-7(2)14-6-8/h4,6,9H,3,5H2,1-2H3,(H,12,13). The Labute approximate surface area is 92.0 Å². The number of aryl methyl sites for hydroxylation is 1. The smallest absolute Gasteiger partial charge is 0.254 e. The minimum absolute atomic E-state index is 0.0758. The van der Waals surface area contributed by atoms with Gasteiger partial charge in [-0.15, -0.1) is 0 Å². The summed E-state index contributed by atoms with van der Waals surface area (Å²) < 4.78 is 5.06. The van der Waals surface area contributed by atoms with Crippen molar-refractivity contribution in [2.75, 3.05) is 5.33 Å². The number of nitrogens with one attached hydrogen (secondary N) is 1. The summed E-state index contributed by atoms with van der Waals surface area (Å²) in [5.41, 5.74) is 0.585. The lowest BCUT2D eigenvalue weighted by molar-refractivity contribution is 0.0939. The average molecular weight is 260 g/mol. The quantitative estimate of drug-likeness (QED) is 0.845. The van der Waals surface area contributed by atoms with Crippen molar-refractivity contribution >= 4 is 21.8 Å². The van der Waals surface area contributed by atoms with Crippen LogP contribution in [-0.2, 0) is 0 Å². The fourth-order valence-corrected chi connectivity index (χ4v) is 1.70. The molecule has 1 atom stereocenters. The lowest BCUT2D eigenvalue weighted by atomic mass is 10.2. The number of alkyl halides is 1. The molecule has 3 nitrogen and oxygen atoms in total. The van der Waals surface area contributed by atoms with Crippen molar-refractivity contribution in [2.45, 2.75) is 26.3 Å². The lowest BCUT2D eigenvalue weighted by Crippen LogP contribution is -2.35. The number of hydrogen-bond donors (Lipinski definition) is 1. The minimum Gasteiger partial charge on any atom is -0.469 e. The number of hydrogen-bond acceptors (Lipinski definition) is 2. The monoisotopic (exact) mass is 259 g/mol. The van der Waals surface area contributed by atoms with Crippen molar-refractivity contribution in [2.24, 2.45) is 0 Å². The van der Waals surface area contributed by atoms with Crippen LogP contribution in [-0.4, -0.2) is 17.3 Å². The van der Waals surface area contributed by atoms with Gasteiger partial charge >= 0.3 is 0 Å². The Morgan fingerprint density at radius 1 is 1.71 bits per heavy atom. The van der Waals surface area contributed by atoms with Gasteiger partial charge < -0.3 is 9.73 Å². The van der Waals surface area contributed by atoms with Crippen LogP contribution in [0, 0.1) is 6.92 Å². The summed E-state index contributed by atoms with van der Waals surface area (Å²) in [6.07, 6.45) is 2.39. The van der Waals surface area contributed by atoms with E-state index in [4.69, 9.17) is 4.42 Å². The van der Waals surface area contributed by atoms with E-state index in [0.29, 0.717) is 5.56 Å². The number of rotatable bonds is 4. The first kappa shape index (κ1) is 11.3. The molecule has 0 bridgehead atoms. The van der Waals surface area contributed by atoms with Gasteiger partial charge in [0.2, 0.25) is 0 Å². The van der Waals surface area contributed by atoms with Crippen LogP contribution in [0.2, 0.25) is 0 Å². The summed E-state index contributed by atoms with van der Waals surface area (Å²) in [7, 11) is 0. The highest BCUT2D eigenvalue weighted by Gasteiger charge is 2.12. The summed E-state index contributed by atoms with van der Waals surface area (Å²) in [5.74, 6) is 0.676. The van der Waals surface area contributed by atoms with E-state index in [1.165, 1.54) is 6.26 Å². The van der Waals surface area contributed by atoms with E-state index in [1.807, 2.05) is 13.8 Å². The Kier molecular flexibility index (Phi) is 4.20. The fourth-order valence-electron chi connectivity index (χ4n) is 1.08. The van der Waals surface area contributed by atoms with Gasteiger partial charge in [0.05, 0.1) is 5.56 Å². The maximum Gasteiger partial charge on any atom is 0.254 e. The van der Waals surface area contributed by atoms with Crippen LogP contribution >= 0.6 is 15.9 Å². The largest absolute Gasteiger partial charge is 0.469 e. The molecule has 0 saturated heterocycles. The molecule has 0 aliphatic heterocycles. The maximum atomic E-state index is 11.6. The summed E-state index contributed by atoms with van der Waals surface area (Å²) in [5, 5.41) is 3.67. The van der Waals surface area contributed by atoms with E-state index in [9.17, 15) is 4.79 Å². The lowest BCUT2D eigenvalue weighted by Gasteiger charge is -2.12. The molecule has 0 spiro atoms. The van der Waals surface area contributed by atoms with Gasteiger partial charge in [0.15, 0.2) is 0 Å². The third-order valence-electron chi connectivity index (χ3n) is 2.01. The molecule has 1 heterocycles. The van der Waals surface area contributed by atoms with E-state index in [1.54, 1.807) is 6.07 Å². The zero-order chi connectivity index (χ0) is 10.6. The third kappa shape index (κ3) is 2.87. The van der Waals surface area contributed by atoms with Crippen molar-refractivity contribution < 1.29 is 9.21 Å². The number of halogens is 1. The molecule has 0 fully saturated rings. The normalized spacial score (nSPS) is 12.5. The van der Waals surface area contributed by atoms with Crippen LogP contribution in [0.5, 0.6) is 0 Å². The molecule has 0 radical (unpaired) electrons. The highest BCUT2D eigenvalue weighted by molar-refractivity contribution is 9.09. The van der Waals surface area contributed by atoms with Crippen molar-refractivity contribution in [3.8, 4) is 0 Å². The molecular formula is C10H14BrNO2. The Balaban J connectivity index is 2.58. The predicted octanol–water partition coefficient (Wildman–Crippen LogP) is 2.49. The second-order valence-electron chi connectivity index (χ2n) is 3.18. The summed E-state index contributed by atoms with van der Waals surface area (Å²) >= 11 is 3.34. The maximum absolute atomic E-state index is 11.6. The second kappa shape index (κ2) is 5.20. The van der Waals surface area contributed by atoms with Gasteiger partial charge in [-0.1, -0.05) is 22.9 Å². The molecule has 1 unspecified atom stereocenters. The first-order chi connectivity index (χ1) is 6.67.